The highest BCUT2D eigenvalue weighted by atomic mass is 79.9. The van der Waals surface area contributed by atoms with Crippen molar-refractivity contribution in [1.29, 1.82) is 0 Å². The Kier molecular flexibility index (Phi) is 7.42. The second kappa shape index (κ2) is 10.0. The van der Waals surface area contributed by atoms with Crippen LogP contribution in [-0.2, 0) is 27.9 Å². The Balaban J connectivity index is 1.79. The van der Waals surface area contributed by atoms with E-state index in [1.807, 2.05) is 60.7 Å². The lowest BCUT2D eigenvalue weighted by molar-refractivity contribution is -0.133. The molecular weight excluding hydrogens is 464 g/mol. The minimum Gasteiger partial charge on any atom is -0.333 e. The van der Waals surface area contributed by atoms with Crippen LogP contribution in [0, 0.1) is 0 Å². The smallest absolute Gasteiger partial charge is 0.241 e. The van der Waals surface area contributed by atoms with Crippen LogP contribution < -0.4 is 4.72 Å². The number of halogens is 1. The standard InChI is InChI=1S/C23H23BrN2O3S/c1-18(25-30(28,29)22-14-12-21(24)13-15-22)23(27)26(16-19-8-4-2-5-9-19)17-20-10-6-3-7-11-20/h2-15,18,25H,16-17H2,1H3/t18-/m1/s1. The summed E-state index contributed by atoms with van der Waals surface area (Å²) in [7, 11) is -3.82. The molecule has 7 heteroatoms. The Labute approximate surface area is 185 Å². The Morgan fingerprint density at radius 3 is 1.80 bits per heavy atom. The molecule has 0 radical (unpaired) electrons. The summed E-state index contributed by atoms with van der Waals surface area (Å²) in [5, 5.41) is 0. The monoisotopic (exact) mass is 486 g/mol. The highest BCUT2D eigenvalue weighted by molar-refractivity contribution is 9.10. The predicted molar refractivity (Wildman–Crippen MR) is 121 cm³/mol. The van der Waals surface area contributed by atoms with Gasteiger partial charge in [-0.05, 0) is 42.3 Å². The zero-order valence-corrected chi connectivity index (χ0v) is 18.9. The number of nitrogens with one attached hydrogen (secondary N) is 1. The van der Waals surface area contributed by atoms with Crippen LogP contribution in [0.25, 0.3) is 0 Å². The van der Waals surface area contributed by atoms with Gasteiger partial charge in [0, 0.05) is 17.6 Å². The van der Waals surface area contributed by atoms with Crippen LogP contribution >= 0.6 is 15.9 Å². The third-order valence-electron chi connectivity index (χ3n) is 4.57. The van der Waals surface area contributed by atoms with E-state index in [0.717, 1.165) is 15.6 Å². The van der Waals surface area contributed by atoms with E-state index < -0.39 is 16.1 Å². The third kappa shape index (κ3) is 6.01. The van der Waals surface area contributed by atoms with Gasteiger partial charge in [-0.3, -0.25) is 4.79 Å². The third-order valence-corrected chi connectivity index (χ3v) is 6.66. The van der Waals surface area contributed by atoms with E-state index in [0.29, 0.717) is 13.1 Å². The molecule has 0 aromatic heterocycles. The van der Waals surface area contributed by atoms with Crippen LogP contribution in [-0.4, -0.2) is 25.3 Å². The average molecular weight is 487 g/mol. The van der Waals surface area contributed by atoms with Crippen molar-refractivity contribution in [3.05, 3.63) is 101 Å². The zero-order valence-electron chi connectivity index (χ0n) is 16.5. The Morgan fingerprint density at radius 1 is 0.867 bits per heavy atom. The second-order valence-electron chi connectivity index (χ2n) is 6.96. The van der Waals surface area contributed by atoms with Crippen LogP contribution in [0.3, 0.4) is 0 Å². The molecule has 30 heavy (non-hydrogen) atoms. The highest BCUT2D eigenvalue weighted by Gasteiger charge is 2.26. The molecule has 0 saturated heterocycles. The molecular formula is C23H23BrN2O3S. The van der Waals surface area contributed by atoms with Gasteiger partial charge < -0.3 is 4.90 Å². The second-order valence-corrected chi connectivity index (χ2v) is 9.59. The lowest BCUT2D eigenvalue weighted by Crippen LogP contribution is -2.46. The van der Waals surface area contributed by atoms with E-state index in [2.05, 4.69) is 20.7 Å². The largest absolute Gasteiger partial charge is 0.333 e. The van der Waals surface area contributed by atoms with Gasteiger partial charge in [0.1, 0.15) is 0 Å². The molecule has 1 atom stereocenters. The topological polar surface area (TPSA) is 66.5 Å². The van der Waals surface area contributed by atoms with Gasteiger partial charge in [-0.15, -0.1) is 0 Å². The zero-order chi connectivity index (χ0) is 21.6. The molecule has 0 spiro atoms. The van der Waals surface area contributed by atoms with Crippen molar-refractivity contribution in [1.82, 2.24) is 9.62 Å². The van der Waals surface area contributed by atoms with Crippen molar-refractivity contribution in [2.45, 2.75) is 31.0 Å². The maximum atomic E-state index is 13.2. The highest BCUT2D eigenvalue weighted by Crippen LogP contribution is 2.16. The van der Waals surface area contributed by atoms with Crippen molar-refractivity contribution in [3.8, 4) is 0 Å². The molecule has 0 heterocycles. The van der Waals surface area contributed by atoms with Crippen molar-refractivity contribution < 1.29 is 13.2 Å². The van der Waals surface area contributed by atoms with Gasteiger partial charge in [0.05, 0.1) is 10.9 Å². The van der Waals surface area contributed by atoms with Gasteiger partial charge in [-0.2, -0.15) is 4.72 Å². The SMILES string of the molecule is C[C@@H](NS(=O)(=O)c1ccc(Br)cc1)C(=O)N(Cc1ccccc1)Cc1ccccc1. The van der Waals surface area contributed by atoms with E-state index >= 15 is 0 Å². The van der Waals surface area contributed by atoms with Gasteiger partial charge in [0.2, 0.25) is 15.9 Å². The molecule has 0 fully saturated rings. The molecule has 3 aromatic rings. The van der Waals surface area contributed by atoms with E-state index in [4.69, 9.17) is 0 Å². The summed E-state index contributed by atoms with van der Waals surface area (Å²) in [4.78, 5) is 15.0. The molecule has 1 N–H and O–H groups in total. The van der Waals surface area contributed by atoms with Crippen LogP contribution in [0.5, 0.6) is 0 Å². The fraction of sp³-hybridized carbons (Fsp3) is 0.174. The number of hydrogen-bond acceptors (Lipinski definition) is 3. The number of hydrogen-bond donors (Lipinski definition) is 1. The normalized spacial score (nSPS) is 12.3. The summed E-state index contributed by atoms with van der Waals surface area (Å²) in [6, 6.07) is 24.7. The molecule has 5 nitrogen and oxygen atoms in total. The maximum absolute atomic E-state index is 13.2. The van der Waals surface area contributed by atoms with Gasteiger partial charge in [-0.1, -0.05) is 76.6 Å². The number of carbonyl (C=O) groups excluding carboxylic acids is 1. The Bertz CT molecular complexity index is 1030. The number of nitrogens with zero attached hydrogens (tertiary/aromatic N) is 1. The van der Waals surface area contributed by atoms with Crippen LogP contribution in [0.1, 0.15) is 18.1 Å². The van der Waals surface area contributed by atoms with E-state index in [9.17, 15) is 13.2 Å². The van der Waals surface area contributed by atoms with Crippen LogP contribution in [0.4, 0.5) is 0 Å². The summed E-state index contributed by atoms with van der Waals surface area (Å²) in [6.45, 7) is 2.35. The van der Waals surface area contributed by atoms with Gasteiger partial charge in [-0.25, -0.2) is 8.42 Å². The van der Waals surface area contributed by atoms with Crippen LogP contribution in [0.2, 0.25) is 0 Å². The van der Waals surface area contributed by atoms with Gasteiger partial charge >= 0.3 is 0 Å². The number of amides is 1. The average Bonchev–Trinajstić information content (AvgIpc) is 2.74. The summed E-state index contributed by atoms with van der Waals surface area (Å²) in [5.41, 5.74) is 1.95. The first-order valence-corrected chi connectivity index (χ1v) is 11.8. The minimum absolute atomic E-state index is 0.114. The van der Waals surface area contributed by atoms with Crippen molar-refractivity contribution in [3.63, 3.8) is 0 Å². The van der Waals surface area contributed by atoms with E-state index in [1.54, 1.807) is 24.0 Å². The minimum atomic E-state index is -3.82. The number of carbonyl (C=O) groups is 1. The van der Waals surface area contributed by atoms with Crippen molar-refractivity contribution in [2.75, 3.05) is 0 Å². The summed E-state index contributed by atoms with van der Waals surface area (Å²) in [5.74, 6) is -0.289. The molecule has 0 aliphatic rings. The lowest BCUT2D eigenvalue weighted by Gasteiger charge is -2.26. The summed E-state index contributed by atoms with van der Waals surface area (Å²) >= 11 is 3.29. The lowest BCUT2D eigenvalue weighted by atomic mass is 10.1. The molecule has 1 amide bonds. The van der Waals surface area contributed by atoms with Crippen molar-refractivity contribution in [2.24, 2.45) is 0 Å². The van der Waals surface area contributed by atoms with Gasteiger partial charge in [0.25, 0.3) is 0 Å². The first kappa shape index (κ1) is 22.2. The molecule has 0 unspecified atom stereocenters. The van der Waals surface area contributed by atoms with Crippen molar-refractivity contribution >= 4 is 31.9 Å². The Morgan fingerprint density at radius 2 is 1.33 bits per heavy atom. The predicted octanol–water partition coefficient (Wildman–Crippen LogP) is 4.34. The first-order valence-electron chi connectivity index (χ1n) is 9.50. The van der Waals surface area contributed by atoms with Crippen LogP contribution in [0.15, 0.2) is 94.3 Å². The van der Waals surface area contributed by atoms with E-state index in [-0.39, 0.29) is 10.8 Å². The number of rotatable bonds is 8. The fourth-order valence-electron chi connectivity index (χ4n) is 3.06. The summed E-state index contributed by atoms with van der Waals surface area (Å²) < 4.78 is 28.7. The molecule has 0 aliphatic heterocycles. The first-order chi connectivity index (χ1) is 14.3. The quantitative estimate of drug-likeness (QED) is 0.514. The fourth-order valence-corrected chi connectivity index (χ4v) is 4.52. The maximum Gasteiger partial charge on any atom is 0.241 e. The number of sulfonamides is 1. The molecule has 3 rings (SSSR count). The molecule has 156 valence electrons. The number of benzene rings is 3. The van der Waals surface area contributed by atoms with Gasteiger partial charge in [0.15, 0.2) is 0 Å². The van der Waals surface area contributed by atoms with E-state index in [1.165, 1.54) is 12.1 Å². The molecule has 3 aromatic carbocycles. The molecule has 0 aliphatic carbocycles. The molecule has 0 bridgehead atoms. The molecule has 0 saturated carbocycles. The summed E-state index contributed by atoms with van der Waals surface area (Å²) in [6.07, 6.45) is 0. The Hall–Kier alpha value is -2.48.